The number of ether oxygens (including phenoxy) is 1. The van der Waals surface area contributed by atoms with Gasteiger partial charge in [-0.05, 0) is 26.2 Å². The molecule has 5 heteroatoms. The molecule has 17 heavy (non-hydrogen) atoms. The van der Waals surface area contributed by atoms with Crippen molar-refractivity contribution in [3.8, 4) is 0 Å². The van der Waals surface area contributed by atoms with Crippen LogP contribution in [0.2, 0.25) is 0 Å². The molecule has 2 heterocycles. The Hall–Kier alpha value is -0.940. The van der Waals surface area contributed by atoms with Gasteiger partial charge in [-0.25, -0.2) is 0 Å². The molecule has 0 aliphatic carbocycles. The summed E-state index contributed by atoms with van der Waals surface area (Å²) in [6, 6.07) is 0. The van der Waals surface area contributed by atoms with Gasteiger partial charge in [0.05, 0.1) is 12.5 Å². The highest BCUT2D eigenvalue weighted by molar-refractivity contribution is 5.01. The van der Waals surface area contributed by atoms with Crippen LogP contribution in [0.25, 0.3) is 0 Å². The van der Waals surface area contributed by atoms with Gasteiger partial charge >= 0.3 is 0 Å². The number of rotatable bonds is 5. The van der Waals surface area contributed by atoms with Crippen LogP contribution in [-0.4, -0.2) is 28.0 Å². The zero-order valence-electron chi connectivity index (χ0n) is 10.5. The number of aromatic nitrogens is 2. The molecule has 1 fully saturated rings. The van der Waals surface area contributed by atoms with Crippen LogP contribution in [0.3, 0.4) is 0 Å². The minimum absolute atomic E-state index is 0.398. The van der Waals surface area contributed by atoms with Crippen LogP contribution in [0.1, 0.15) is 51.2 Å². The fourth-order valence-corrected chi connectivity index (χ4v) is 2.14. The van der Waals surface area contributed by atoms with E-state index in [1.54, 1.807) is 0 Å². The monoisotopic (exact) mass is 240 g/mol. The van der Waals surface area contributed by atoms with Gasteiger partial charge < -0.3 is 14.4 Å². The van der Waals surface area contributed by atoms with Gasteiger partial charge in [0.15, 0.2) is 0 Å². The van der Waals surface area contributed by atoms with E-state index in [0.717, 1.165) is 32.3 Å². The Morgan fingerprint density at radius 1 is 1.53 bits per heavy atom. The van der Waals surface area contributed by atoms with Gasteiger partial charge in [0.2, 0.25) is 11.7 Å². The van der Waals surface area contributed by atoms with Crippen molar-refractivity contribution in [2.45, 2.75) is 57.7 Å². The molecule has 1 saturated heterocycles. The van der Waals surface area contributed by atoms with E-state index in [-0.39, 0.29) is 0 Å². The van der Waals surface area contributed by atoms with Crippen molar-refractivity contribution < 1.29 is 14.4 Å². The molecular weight excluding hydrogens is 220 g/mol. The second-order valence-electron chi connectivity index (χ2n) is 4.84. The Balaban J connectivity index is 2.00. The van der Waals surface area contributed by atoms with Gasteiger partial charge in [-0.2, -0.15) is 4.98 Å². The Morgan fingerprint density at radius 3 is 3.00 bits per heavy atom. The fraction of sp³-hybridized carbons (Fsp3) is 0.833. The quantitative estimate of drug-likeness (QED) is 0.850. The summed E-state index contributed by atoms with van der Waals surface area (Å²) in [6.45, 7) is 4.77. The first-order valence-electron chi connectivity index (χ1n) is 6.29. The average Bonchev–Trinajstić information content (AvgIpc) is 2.88. The van der Waals surface area contributed by atoms with Crippen LogP contribution in [0.5, 0.6) is 0 Å². The molecule has 5 nitrogen and oxygen atoms in total. The van der Waals surface area contributed by atoms with Gasteiger partial charge in [0, 0.05) is 6.61 Å². The molecule has 1 aliphatic rings. The lowest BCUT2D eigenvalue weighted by atomic mass is 10.0. The summed E-state index contributed by atoms with van der Waals surface area (Å²) in [5.41, 5.74) is -0.405. The SMILES string of the molecule is CCCC(O)Cc1nc(C2(C)CCCO2)no1. The van der Waals surface area contributed by atoms with E-state index >= 15 is 0 Å². The molecule has 1 aromatic rings. The number of nitrogens with zero attached hydrogens (tertiary/aromatic N) is 2. The minimum atomic E-state index is -0.405. The van der Waals surface area contributed by atoms with E-state index in [0.29, 0.717) is 18.1 Å². The smallest absolute Gasteiger partial charge is 0.229 e. The lowest BCUT2D eigenvalue weighted by molar-refractivity contribution is 0.00768. The summed E-state index contributed by atoms with van der Waals surface area (Å²) >= 11 is 0. The van der Waals surface area contributed by atoms with Gasteiger partial charge in [0.1, 0.15) is 5.60 Å². The lowest BCUT2D eigenvalue weighted by Crippen LogP contribution is -2.21. The first kappa shape index (κ1) is 12.5. The molecule has 0 saturated carbocycles. The molecular formula is C12H20N2O3. The Bertz CT molecular complexity index is 358. The van der Waals surface area contributed by atoms with Crippen LogP contribution in [0, 0.1) is 0 Å². The van der Waals surface area contributed by atoms with Crippen molar-refractivity contribution in [1.82, 2.24) is 10.1 Å². The number of aliphatic hydroxyl groups excluding tert-OH is 1. The maximum Gasteiger partial charge on any atom is 0.229 e. The molecule has 0 bridgehead atoms. The van der Waals surface area contributed by atoms with Crippen molar-refractivity contribution >= 4 is 0 Å². The molecule has 2 unspecified atom stereocenters. The van der Waals surface area contributed by atoms with Gasteiger partial charge in [-0.15, -0.1) is 0 Å². The van der Waals surface area contributed by atoms with E-state index in [9.17, 15) is 5.11 Å². The highest BCUT2D eigenvalue weighted by atomic mass is 16.5. The summed E-state index contributed by atoms with van der Waals surface area (Å²) < 4.78 is 10.8. The molecule has 1 N–H and O–H groups in total. The van der Waals surface area contributed by atoms with Crippen molar-refractivity contribution in [3.63, 3.8) is 0 Å². The van der Waals surface area contributed by atoms with Crippen LogP contribution < -0.4 is 0 Å². The van der Waals surface area contributed by atoms with Crippen molar-refractivity contribution in [1.29, 1.82) is 0 Å². The fourth-order valence-electron chi connectivity index (χ4n) is 2.14. The maximum atomic E-state index is 9.68. The van der Waals surface area contributed by atoms with Crippen LogP contribution in [0.4, 0.5) is 0 Å². The van der Waals surface area contributed by atoms with Crippen LogP contribution in [0.15, 0.2) is 4.52 Å². The molecule has 2 atom stereocenters. The molecule has 0 aromatic carbocycles. The topological polar surface area (TPSA) is 68.4 Å². The predicted molar refractivity (Wildman–Crippen MR) is 61.5 cm³/mol. The molecule has 0 spiro atoms. The predicted octanol–water partition coefficient (Wildman–Crippen LogP) is 1.80. The van der Waals surface area contributed by atoms with Crippen molar-refractivity contribution in [2.75, 3.05) is 6.61 Å². The van der Waals surface area contributed by atoms with Gasteiger partial charge in [0.25, 0.3) is 0 Å². The molecule has 0 amide bonds. The third-order valence-corrected chi connectivity index (χ3v) is 3.19. The Morgan fingerprint density at radius 2 is 2.35 bits per heavy atom. The van der Waals surface area contributed by atoms with Crippen LogP contribution >= 0.6 is 0 Å². The number of hydrogen-bond acceptors (Lipinski definition) is 5. The van der Waals surface area contributed by atoms with E-state index in [4.69, 9.17) is 9.26 Å². The Labute approximate surface area is 101 Å². The minimum Gasteiger partial charge on any atom is -0.393 e. The zero-order chi connectivity index (χ0) is 12.3. The number of hydrogen-bond donors (Lipinski definition) is 1. The standard InChI is InChI=1S/C12H20N2O3/c1-3-5-9(15)8-10-13-11(14-17-10)12(2)6-4-7-16-12/h9,15H,3-8H2,1-2H3. The molecule has 1 aromatic heterocycles. The highest BCUT2D eigenvalue weighted by Gasteiger charge is 2.36. The number of aliphatic hydroxyl groups is 1. The summed E-state index contributed by atoms with van der Waals surface area (Å²) in [4.78, 5) is 4.32. The average molecular weight is 240 g/mol. The summed E-state index contributed by atoms with van der Waals surface area (Å²) in [6.07, 6.45) is 3.68. The van der Waals surface area contributed by atoms with Crippen molar-refractivity contribution in [2.24, 2.45) is 0 Å². The van der Waals surface area contributed by atoms with E-state index < -0.39 is 11.7 Å². The largest absolute Gasteiger partial charge is 0.393 e. The first-order valence-corrected chi connectivity index (χ1v) is 6.29. The molecule has 2 rings (SSSR count). The highest BCUT2D eigenvalue weighted by Crippen LogP contribution is 2.33. The molecule has 1 aliphatic heterocycles. The third-order valence-electron chi connectivity index (χ3n) is 3.19. The van der Waals surface area contributed by atoms with Gasteiger partial charge in [-0.1, -0.05) is 18.5 Å². The normalized spacial score (nSPS) is 26.3. The zero-order valence-corrected chi connectivity index (χ0v) is 10.5. The molecule has 96 valence electrons. The maximum absolute atomic E-state index is 9.68. The second-order valence-corrected chi connectivity index (χ2v) is 4.84. The summed E-state index contributed by atoms with van der Waals surface area (Å²) in [5, 5.41) is 13.6. The first-order chi connectivity index (χ1) is 8.14. The third kappa shape index (κ3) is 2.84. The van der Waals surface area contributed by atoms with E-state index in [2.05, 4.69) is 10.1 Å². The van der Waals surface area contributed by atoms with E-state index in [1.165, 1.54) is 0 Å². The Kier molecular flexibility index (Phi) is 3.79. The lowest BCUT2D eigenvalue weighted by Gasteiger charge is -2.17. The van der Waals surface area contributed by atoms with Gasteiger partial charge in [-0.3, -0.25) is 0 Å². The summed E-state index contributed by atoms with van der Waals surface area (Å²) in [7, 11) is 0. The van der Waals surface area contributed by atoms with Crippen molar-refractivity contribution in [3.05, 3.63) is 11.7 Å². The second kappa shape index (κ2) is 5.14. The van der Waals surface area contributed by atoms with Crippen LogP contribution in [-0.2, 0) is 16.8 Å². The molecule has 0 radical (unpaired) electrons. The summed E-state index contributed by atoms with van der Waals surface area (Å²) in [5.74, 6) is 1.10. The van der Waals surface area contributed by atoms with E-state index in [1.807, 2.05) is 13.8 Å².